The van der Waals surface area contributed by atoms with E-state index in [1.54, 1.807) is 0 Å². The lowest BCUT2D eigenvalue weighted by Crippen LogP contribution is -2.24. The van der Waals surface area contributed by atoms with Gasteiger partial charge in [-0.05, 0) is 56.3 Å². The van der Waals surface area contributed by atoms with Crippen molar-refractivity contribution in [3.63, 3.8) is 0 Å². The van der Waals surface area contributed by atoms with Gasteiger partial charge in [0.2, 0.25) is 0 Å². The third-order valence-corrected chi connectivity index (χ3v) is 3.50. The highest BCUT2D eigenvalue weighted by atomic mass is 35.5. The minimum atomic E-state index is 0.165. The van der Waals surface area contributed by atoms with Crippen molar-refractivity contribution < 1.29 is 4.79 Å². The Balaban J connectivity index is 2.11. The second-order valence-electron chi connectivity index (χ2n) is 5.08. The summed E-state index contributed by atoms with van der Waals surface area (Å²) in [6.07, 6.45) is 3.85. The first kappa shape index (κ1) is 13.3. The molecule has 0 saturated heterocycles. The number of hydrogen-bond acceptors (Lipinski definition) is 2. The average molecular weight is 264 g/mol. The van der Waals surface area contributed by atoms with Gasteiger partial charge in [0.05, 0.1) is 0 Å². The summed E-state index contributed by atoms with van der Waals surface area (Å²) >= 11 is 5.84. The maximum atomic E-state index is 12.2. The van der Waals surface area contributed by atoms with Crippen LogP contribution in [0.4, 0.5) is 0 Å². The van der Waals surface area contributed by atoms with Crippen LogP contribution in [-0.4, -0.2) is 31.3 Å². The molecule has 1 aromatic carbocycles. The topological polar surface area (TPSA) is 20.3 Å². The largest absolute Gasteiger partial charge is 0.309 e. The fourth-order valence-corrected chi connectivity index (χ4v) is 2.49. The van der Waals surface area contributed by atoms with E-state index in [9.17, 15) is 4.79 Å². The summed E-state index contributed by atoms with van der Waals surface area (Å²) in [7, 11) is 4.02. The SMILES string of the molecule is CN(C)CC1CC/C(=C/c2ccc(Cl)cc2)C1=O. The van der Waals surface area contributed by atoms with Crippen LogP contribution in [0.5, 0.6) is 0 Å². The standard InChI is InChI=1S/C15H18ClNO/c1-17(2)10-13-6-5-12(15(13)18)9-11-3-7-14(16)8-4-11/h3-4,7-9,13H,5-6,10H2,1-2H3/b12-9-. The highest BCUT2D eigenvalue weighted by molar-refractivity contribution is 6.30. The summed E-state index contributed by atoms with van der Waals surface area (Å²) in [5.41, 5.74) is 2.00. The average Bonchev–Trinajstić information content (AvgIpc) is 2.64. The summed E-state index contributed by atoms with van der Waals surface area (Å²) in [5, 5.41) is 0.723. The normalized spacial score (nSPS) is 22.1. The molecule has 1 aliphatic rings. The second-order valence-corrected chi connectivity index (χ2v) is 5.52. The minimum Gasteiger partial charge on any atom is -0.309 e. The number of Topliss-reactive ketones (excluding diaryl/α,β-unsaturated/α-hetero) is 1. The zero-order valence-electron chi connectivity index (χ0n) is 10.8. The van der Waals surface area contributed by atoms with Crippen molar-refractivity contribution >= 4 is 23.5 Å². The Kier molecular flexibility index (Phi) is 4.20. The van der Waals surface area contributed by atoms with E-state index >= 15 is 0 Å². The number of hydrogen-bond donors (Lipinski definition) is 0. The summed E-state index contributed by atoms with van der Waals surface area (Å²) in [5.74, 6) is 0.470. The zero-order chi connectivity index (χ0) is 13.1. The van der Waals surface area contributed by atoms with Crippen molar-refractivity contribution in [3.8, 4) is 0 Å². The molecule has 1 fully saturated rings. The maximum absolute atomic E-state index is 12.2. The highest BCUT2D eigenvalue weighted by Crippen LogP contribution is 2.28. The first-order chi connectivity index (χ1) is 8.56. The zero-order valence-corrected chi connectivity index (χ0v) is 11.6. The number of carbonyl (C=O) groups is 1. The summed E-state index contributed by atoms with van der Waals surface area (Å²) < 4.78 is 0. The van der Waals surface area contributed by atoms with Crippen LogP contribution in [0.25, 0.3) is 6.08 Å². The van der Waals surface area contributed by atoms with Crippen molar-refractivity contribution in [2.24, 2.45) is 5.92 Å². The Morgan fingerprint density at radius 3 is 2.61 bits per heavy atom. The van der Waals surface area contributed by atoms with Gasteiger partial charge in [-0.25, -0.2) is 0 Å². The maximum Gasteiger partial charge on any atom is 0.163 e. The molecule has 0 radical (unpaired) electrons. The first-order valence-corrected chi connectivity index (χ1v) is 6.59. The van der Waals surface area contributed by atoms with E-state index in [1.807, 2.05) is 44.4 Å². The van der Waals surface area contributed by atoms with Crippen LogP contribution in [0.2, 0.25) is 5.02 Å². The molecule has 1 aliphatic carbocycles. The van der Waals surface area contributed by atoms with Crippen molar-refractivity contribution in [1.29, 1.82) is 0 Å². The molecule has 2 nitrogen and oxygen atoms in total. The van der Waals surface area contributed by atoms with E-state index in [0.717, 1.165) is 35.5 Å². The Hall–Kier alpha value is -1.12. The van der Waals surface area contributed by atoms with E-state index in [4.69, 9.17) is 11.6 Å². The van der Waals surface area contributed by atoms with E-state index in [-0.39, 0.29) is 5.92 Å². The predicted octanol–water partition coefficient (Wildman–Crippen LogP) is 3.26. The molecule has 96 valence electrons. The number of rotatable bonds is 3. The van der Waals surface area contributed by atoms with Crippen molar-refractivity contribution in [2.75, 3.05) is 20.6 Å². The third kappa shape index (κ3) is 3.21. The molecule has 0 heterocycles. The third-order valence-electron chi connectivity index (χ3n) is 3.25. The van der Waals surface area contributed by atoms with Crippen molar-refractivity contribution in [3.05, 3.63) is 40.4 Å². The molecular formula is C15H18ClNO. The Morgan fingerprint density at radius 2 is 2.00 bits per heavy atom. The number of carbonyl (C=O) groups excluding carboxylic acids is 1. The molecule has 1 atom stereocenters. The van der Waals surface area contributed by atoms with Crippen molar-refractivity contribution in [2.45, 2.75) is 12.8 Å². The van der Waals surface area contributed by atoms with Crippen LogP contribution in [0.3, 0.4) is 0 Å². The predicted molar refractivity (Wildman–Crippen MR) is 75.7 cm³/mol. The number of halogens is 1. The van der Waals surface area contributed by atoms with Crippen LogP contribution >= 0.6 is 11.6 Å². The molecule has 0 aliphatic heterocycles. The van der Waals surface area contributed by atoms with Crippen LogP contribution in [0, 0.1) is 5.92 Å². The smallest absolute Gasteiger partial charge is 0.163 e. The number of ketones is 1. The van der Waals surface area contributed by atoms with E-state index in [2.05, 4.69) is 4.90 Å². The Bertz CT molecular complexity index is 462. The summed E-state index contributed by atoms with van der Waals surface area (Å²) in [6, 6.07) is 7.60. The van der Waals surface area contributed by atoms with Crippen LogP contribution < -0.4 is 0 Å². The molecule has 2 rings (SSSR count). The fourth-order valence-electron chi connectivity index (χ4n) is 2.36. The molecule has 18 heavy (non-hydrogen) atoms. The minimum absolute atomic E-state index is 0.165. The molecule has 0 bridgehead atoms. The second kappa shape index (κ2) is 5.68. The van der Waals surface area contributed by atoms with Gasteiger partial charge < -0.3 is 4.90 Å². The summed E-state index contributed by atoms with van der Waals surface area (Å²) in [4.78, 5) is 14.3. The highest BCUT2D eigenvalue weighted by Gasteiger charge is 2.29. The van der Waals surface area contributed by atoms with Gasteiger partial charge in [0.1, 0.15) is 0 Å². The molecular weight excluding hydrogens is 246 g/mol. The van der Waals surface area contributed by atoms with Gasteiger partial charge in [-0.3, -0.25) is 4.79 Å². The van der Waals surface area contributed by atoms with E-state index in [1.165, 1.54) is 0 Å². The number of nitrogens with zero attached hydrogens (tertiary/aromatic N) is 1. The Morgan fingerprint density at radius 1 is 1.33 bits per heavy atom. The van der Waals surface area contributed by atoms with Gasteiger partial charge in [0, 0.05) is 17.5 Å². The molecule has 3 heteroatoms. The van der Waals surface area contributed by atoms with Gasteiger partial charge in [0.25, 0.3) is 0 Å². The molecule has 1 aromatic rings. The quantitative estimate of drug-likeness (QED) is 0.780. The van der Waals surface area contributed by atoms with Crippen LogP contribution in [-0.2, 0) is 4.79 Å². The lowest BCUT2D eigenvalue weighted by Gasteiger charge is -2.13. The van der Waals surface area contributed by atoms with Gasteiger partial charge in [-0.1, -0.05) is 23.7 Å². The molecule has 0 spiro atoms. The van der Waals surface area contributed by atoms with Crippen LogP contribution in [0.1, 0.15) is 18.4 Å². The first-order valence-electron chi connectivity index (χ1n) is 6.21. The van der Waals surface area contributed by atoms with Gasteiger partial charge in [0.15, 0.2) is 5.78 Å². The van der Waals surface area contributed by atoms with E-state index in [0.29, 0.717) is 5.78 Å². The van der Waals surface area contributed by atoms with E-state index < -0.39 is 0 Å². The fraction of sp³-hybridized carbons (Fsp3) is 0.400. The molecule has 0 aromatic heterocycles. The molecule has 1 saturated carbocycles. The molecule has 1 unspecified atom stereocenters. The molecule has 0 amide bonds. The summed E-state index contributed by atoms with van der Waals surface area (Å²) in [6.45, 7) is 0.844. The van der Waals surface area contributed by atoms with Gasteiger partial charge in [-0.2, -0.15) is 0 Å². The number of allylic oxidation sites excluding steroid dienone is 1. The number of benzene rings is 1. The van der Waals surface area contributed by atoms with Crippen LogP contribution in [0.15, 0.2) is 29.8 Å². The Labute approximate surface area is 113 Å². The lowest BCUT2D eigenvalue weighted by atomic mass is 10.0. The van der Waals surface area contributed by atoms with Gasteiger partial charge in [-0.15, -0.1) is 0 Å². The molecule has 0 N–H and O–H groups in total. The lowest BCUT2D eigenvalue weighted by molar-refractivity contribution is -0.118. The van der Waals surface area contributed by atoms with Crippen molar-refractivity contribution in [1.82, 2.24) is 4.90 Å². The monoisotopic (exact) mass is 263 g/mol. The van der Waals surface area contributed by atoms with Gasteiger partial charge >= 0.3 is 0 Å².